The summed E-state index contributed by atoms with van der Waals surface area (Å²) >= 11 is 3.23. The predicted molar refractivity (Wildman–Crippen MR) is 71.5 cm³/mol. The van der Waals surface area contributed by atoms with Crippen molar-refractivity contribution in [3.63, 3.8) is 0 Å². The van der Waals surface area contributed by atoms with Crippen molar-refractivity contribution in [1.29, 1.82) is 0 Å². The lowest BCUT2D eigenvalue weighted by Crippen LogP contribution is -2.20. The van der Waals surface area contributed by atoms with Gasteiger partial charge in [-0.05, 0) is 28.4 Å². The Hall–Kier alpha value is -1.15. The van der Waals surface area contributed by atoms with Crippen LogP contribution in [0.15, 0.2) is 22.7 Å². The van der Waals surface area contributed by atoms with E-state index in [1.165, 1.54) is 12.1 Å². The summed E-state index contributed by atoms with van der Waals surface area (Å²) in [6.45, 7) is 0. The van der Waals surface area contributed by atoms with Crippen molar-refractivity contribution in [3.8, 4) is 0 Å². The maximum atomic E-state index is 11.3. The largest absolute Gasteiger partial charge is 0.380 e. The smallest absolute Gasteiger partial charge is 0.270 e. The average Bonchev–Trinajstić information content (AvgIpc) is 2.61. The minimum atomic E-state index is -2.94. The Morgan fingerprint density at radius 1 is 1.44 bits per heavy atom. The lowest BCUT2D eigenvalue weighted by atomic mass is 10.2. The number of sulfone groups is 1. The molecule has 0 bridgehead atoms. The molecule has 0 aliphatic carbocycles. The number of rotatable bonds is 3. The van der Waals surface area contributed by atoms with Gasteiger partial charge < -0.3 is 5.32 Å². The fourth-order valence-corrected chi connectivity index (χ4v) is 4.02. The SMILES string of the molecule is O=[N+]([O-])c1ccc(NC2CCS(=O)(=O)C2)c(Br)c1. The first-order valence-electron chi connectivity index (χ1n) is 5.28. The highest BCUT2D eigenvalue weighted by molar-refractivity contribution is 9.10. The van der Waals surface area contributed by atoms with Crippen LogP contribution in [0.2, 0.25) is 0 Å². The highest BCUT2D eigenvalue weighted by Gasteiger charge is 2.28. The molecule has 98 valence electrons. The molecule has 18 heavy (non-hydrogen) atoms. The third-order valence-electron chi connectivity index (χ3n) is 2.76. The van der Waals surface area contributed by atoms with E-state index in [-0.39, 0.29) is 23.2 Å². The van der Waals surface area contributed by atoms with Crippen molar-refractivity contribution in [2.24, 2.45) is 0 Å². The molecular formula is C10H11BrN2O4S. The summed E-state index contributed by atoms with van der Waals surface area (Å²) in [7, 11) is -2.94. The van der Waals surface area contributed by atoms with Crippen LogP contribution in [0.1, 0.15) is 6.42 Å². The Morgan fingerprint density at radius 2 is 2.17 bits per heavy atom. The highest BCUT2D eigenvalue weighted by atomic mass is 79.9. The minimum absolute atomic E-state index is 0.00790. The molecule has 1 N–H and O–H groups in total. The second-order valence-corrected chi connectivity index (χ2v) is 7.25. The summed E-state index contributed by atoms with van der Waals surface area (Å²) in [5, 5.41) is 13.7. The van der Waals surface area contributed by atoms with Gasteiger partial charge in [-0.3, -0.25) is 10.1 Å². The molecule has 0 radical (unpaired) electrons. The summed E-state index contributed by atoms with van der Waals surface area (Å²) < 4.78 is 23.2. The summed E-state index contributed by atoms with van der Waals surface area (Å²) in [5.41, 5.74) is 0.661. The molecule has 6 nitrogen and oxygen atoms in total. The van der Waals surface area contributed by atoms with E-state index in [9.17, 15) is 18.5 Å². The molecule has 1 unspecified atom stereocenters. The molecule has 1 aromatic rings. The van der Waals surface area contributed by atoms with Gasteiger partial charge in [0.2, 0.25) is 0 Å². The number of nitrogens with one attached hydrogen (secondary N) is 1. The number of non-ortho nitro benzene ring substituents is 1. The quantitative estimate of drug-likeness (QED) is 0.674. The zero-order valence-electron chi connectivity index (χ0n) is 9.30. The van der Waals surface area contributed by atoms with Gasteiger partial charge in [0.05, 0.1) is 16.4 Å². The lowest BCUT2D eigenvalue weighted by molar-refractivity contribution is -0.384. The van der Waals surface area contributed by atoms with Crippen molar-refractivity contribution in [2.45, 2.75) is 12.5 Å². The van der Waals surface area contributed by atoms with Crippen LogP contribution in [0, 0.1) is 10.1 Å². The number of nitrogens with zero attached hydrogens (tertiary/aromatic N) is 1. The minimum Gasteiger partial charge on any atom is -0.380 e. The van der Waals surface area contributed by atoms with Gasteiger partial charge in [0.25, 0.3) is 5.69 Å². The molecule has 1 aliphatic heterocycles. The number of anilines is 1. The van der Waals surface area contributed by atoms with Crippen LogP contribution in [0.4, 0.5) is 11.4 Å². The fraction of sp³-hybridized carbons (Fsp3) is 0.400. The van der Waals surface area contributed by atoms with E-state index in [2.05, 4.69) is 21.2 Å². The molecule has 1 atom stereocenters. The Labute approximate surface area is 113 Å². The van der Waals surface area contributed by atoms with Crippen LogP contribution in [-0.4, -0.2) is 30.9 Å². The van der Waals surface area contributed by atoms with Crippen molar-refractivity contribution in [2.75, 3.05) is 16.8 Å². The van der Waals surface area contributed by atoms with Crippen molar-refractivity contribution in [1.82, 2.24) is 0 Å². The predicted octanol–water partition coefficient (Wildman–Crippen LogP) is 1.96. The maximum Gasteiger partial charge on any atom is 0.270 e. The Balaban J connectivity index is 2.13. The molecule has 2 rings (SSSR count). The summed E-state index contributed by atoms with van der Waals surface area (Å²) in [5.74, 6) is 0.297. The van der Waals surface area contributed by atoms with Crippen molar-refractivity contribution in [3.05, 3.63) is 32.8 Å². The first kappa shape index (κ1) is 13.3. The van der Waals surface area contributed by atoms with Gasteiger partial charge in [-0.15, -0.1) is 0 Å². The number of benzene rings is 1. The molecule has 1 heterocycles. The van der Waals surface area contributed by atoms with Crippen LogP contribution < -0.4 is 5.32 Å². The molecule has 1 saturated heterocycles. The van der Waals surface area contributed by atoms with Crippen LogP contribution >= 0.6 is 15.9 Å². The van der Waals surface area contributed by atoms with Gasteiger partial charge in [-0.2, -0.15) is 0 Å². The lowest BCUT2D eigenvalue weighted by Gasteiger charge is -2.13. The van der Waals surface area contributed by atoms with E-state index >= 15 is 0 Å². The zero-order valence-corrected chi connectivity index (χ0v) is 11.7. The van der Waals surface area contributed by atoms with Gasteiger partial charge in [0.1, 0.15) is 0 Å². The number of nitro groups is 1. The molecule has 1 fully saturated rings. The van der Waals surface area contributed by atoms with E-state index < -0.39 is 14.8 Å². The molecule has 0 amide bonds. The van der Waals surface area contributed by atoms with Crippen LogP contribution in [0.5, 0.6) is 0 Å². The van der Waals surface area contributed by atoms with Gasteiger partial charge in [0.15, 0.2) is 9.84 Å². The topological polar surface area (TPSA) is 89.3 Å². The Bertz CT molecular complexity index is 588. The zero-order chi connectivity index (χ0) is 13.3. The van der Waals surface area contributed by atoms with Gasteiger partial charge >= 0.3 is 0 Å². The molecular weight excluding hydrogens is 324 g/mol. The third kappa shape index (κ3) is 2.99. The van der Waals surface area contributed by atoms with E-state index in [0.717, 1.165) is 0 Å². The summed E-state index contributed by atoms with van der Waals surface area (Å²) in [6.07, 6.45) is 0.561. The fourth-order valence-electron chi connectivity index (χ4n) is 1.86. The van der Waals surface area contributed by atoms with Crippen molar-refractivity contribution >= 4 is 37.1 Å². The first-order valence-corrected chi connectivity index (χ1v) is 7.90. The molecule has 0 spiro atoms. The van der Waals surface area contributed by atoms with Gasteiger partial charge in [-0.1, -0.05) is 0 Å². The van der Waals surface area contributed by atoms with Gasteiger partial charge in [-0.25, -0.2) is 8.42 Å². The van der Waals surface area contributed by atoms with E-state index in [4.69, 9.17) is 0 Å². The third-order valence-corrected chi connectivity index (χ3v) is 5.18. The van der Waals surface area contributed by atoms with Crippen LogP contribution in [0.3, 0.4) is 0 Å². The van der Waals surface area contributed by atoms with E-state index in [1.54, 1.807) is 6.07 Å². The standard InChI is InChI=1S/C10H11BrN2O4S/c11-9-5-8(13(14)15)1-2-10(9)12-7-3-4-18(16,17)6-7/h1-2,5,7,12H,3-4,6H2. The average molecular weight is 335 g/mol. The molecule has 0 aromatic heterocycles. The highest BCUT2D eigenvalue weighted by Crippen LogP contribution is 2.29. The number of halogens is 1. The normalized spacial score (nSPS) is 21.7. The molecule has 0 saturated carbocycles. The molecule has 8 heteroatoms. The van der Waals surface area contributed by atoms with Crippen LogP contribution in [-0.2, 0) is 9.84 Å². The number of hydrogen-bond acceptors (Lipinski definition) is 5. The second-order valence-electron chi connectivity index (χ2n) is 4.17. The van der Waals surface area contributed by atoms with Gasteiger partial charge in [0, 0.05) is 28.3 Å². The maximum absolute atomic E-state index is 11.3. The van der Waals surface area contributed by atoms with E-state index in [1.807, 2.05) is 0 Å². The van der Waals surface area contributed by atoms with E-state index in [0.29, 0.717) is 16.6 Å². The number of nitro benzene ring substituents is 1. The number of hydrogen-bond donors (Lipinski definition) is 1. The summed E-state index contributed by atoms with van der Waals surface area (Å²) in [6, 6.07) is 4.22. The van der Waals surface area contributed by atoms with Crippen LogP contribution in [0.25, 0.3) is 0 Å². The molecule has 1 aromatic carbocycles. The molecule has 1 aliphatic rings. The second kappa shape index (κ2) is 4.85. The van der Waals surface area contributed by atoms with Crippen molar-refractivity contribution < 1.29 is 13.3 Å². The summed E-state index contributed by atoms with van der Waals surface area (Å²) in [4.78, 5) is 10.1. The monoisotopic (exact) mass is 334 g/mol. The first-order chi connectivity index (χ1) is 8.37. The Kier molecular flexibility index (Phi) is 3.58. The Morgan fingerprint density at radius 3 is 2.67 bits per heavy atom.